The molecule has 0 N–H and O–H groups in total. The lowest BCUT2D eigenvalue weighted by Crippen LogP contribution is -2.62. The maximum atomic E-state index is 15.3. The molecule has 6 spiro atoms. The highest BCUT2D eigenvalue weighted by Gasteiger charge is 2.77. The van der Waals surface area contributed by atoms with E-state index in [2.05, 4.69) is 0 Å². The van der Waals surface area contributed by atoms with E-state index in [1.54, 1.807) is 307 Å². The van der Waals surface area contributed by atoms with Gasteiger partial charge in [-0.1, -0.05) is 164 Å². The van der Waals surface area contributed by atoms with Gasteiger partial charge in [0.1, 0.15) is 67.3 Å². The van der Waals surface area contributed by atoms with Crippen molar-refractivity contribution in [3.63, 3.8) is 0 Å². The Bertz CT molecular complexity index is 6320. The summed E-state index contributed by atoms with van der Waals surface area (Å²) in [5.41, 5.74) is -14.3. The Morgan fingerprint density at radius 1 is 0.234 bits per heavy atom. The number of anilines is 6. The van der Waals surface area contributed by atoms with Crippen LogP contribution in [0.2, 0.25) is 0 Å². The molecule has 9 aromatic carbocycles. The number of imide groups is 6. The molecule has 6 atom stereocenters. The first-order valence-electron chi connectivity index (χ1n) is 46.1. The summed E-state index contributed by atoms with van der Waals surface area (Å²) in [5.74, 6) is -8.27. The van der Waals surface area contributed by atoms with Gasteiger partial charge in [-0.15, -0.1) is 0 Å². The Balaban J connectivity index is 0.000000152. The van der Waals surface area contributed by atoms with Crippen LogP contribution in [0.4, 0.5) is 76.1 Å². The van der Waals surface area contributed by atoms with E-state index in [9.17, 15) is 43.2 Å². The second kappa shape index (κ2) is 34.9. The summed E-state index contributed by atoms with van der Waals surface area (Å²) in [6.07, 6.45) is -2.81. The van der Waals surface area contributed by atoms with Crippen molar-refractivity contribution in [3.05, 3.63) is 321 Å². The second-order valence-electron chi connectivity index (χ2n) is 42.1. The molecule has 9 aromatic rings. The van der Waals surface area contributed by atoms with Crippen LogP contribution in [0.5, 0.6) is 0 Å². The third kappa shape index (κ3) is 16.3. The number of rotatable bonds is 6. The third-order valence-electron chi connectivity index (χ3n) is 26.2. The molecule has 726 valence electrons. The average molecular weight is 1920 g/mol. The van der Waals surface area contributed by atoms with Crippen LogP contribution in [0.3, 0.4) is 0 Å². The fourth-order valence-corrected chi connectivity index (χ4v) is 21.0. The smallest absolute Gasteiger partial charge is 0.421 e. The molecule has 30 heteroatoms. The monoisotopic (exact) mass is 1910 g/mol. The molecule has 12 amide bonds. The van der Waals surface area contributed by atoms with E-state index in [0.717, 1.165) is 65.8 Å². The SMILES string of the molecule is CC(C)(C)OC(=O)N1C(=O)[C@@]2(CC=C(C(=O)c3ccccc3)C[C@@]23C(=O)N(C(=O)OC(C)(C)C)c2ccc(F)cc23)c2ccccc21.CC(C)(C)OC(=O)N1C(=O)[C@@]2(CC=C(C(=O)c3ccccc3)C[C@@]23C(=O)N(C(=O)OC(C)(C)C)c2ccc(F)cc23)c2ccccc21.CC(C)(C)OC(=O)N1C(=O)[C@@]2(CC=C(C(=O)c3ccccc3)C[C@@]23C(=O)N(C(=O)OC(C)(C)C)c2ccc(F)cc23)c2ccccc21. The van der Waals surface area contributed by atoms with Gasteiger partial charge in [0.15, 0.2) is 17.3 Å². The van der Waals surface area contributed by atoms with E-state index in [0.29, 0.717) is 33.4 Å². The molecule has 0 bridgehead atoms. The van der Waals surface area contributed by atoms with Gasteiger partial charge in [-0.25, -0.2) is 71.3 Å². The van der Waals surface area contributed by atoms with Crippen LogP contribution in [-0.2, 0) is 89.7 Å². The molecule has 0 radical (unpaired) electrons. The maximum absolute atomic E-state index is 15.3. The van der Waals surface area contributed by atoms with Crippen molar-refractivity contribution in [1.82, 2.24) is 0 Å². The normalized spacial score (nSPS) is 21.9. The number of carbonyl (C=O) groups excluding carboxylic acids is 15. The number of halogens is 3. The van der Waals surface area contributed by atoms with Gasteiger partial charge in [-0.2, -0.15) is 0 Å². The summed E-state index contributed by atoms with van der Waals surface area (Å²) in [7, 11) is 0. The van der Waals surface area contributed by atoms with Crippen LogP contribution in [0.15, 0.2) is 253 Å². The van der Waals surface area contributed by atoms with Crippen LogP contribution < -0.4 is 29.4 Å². The van der Waals surface area contributed by atoms with Crippen molar-refractivity contribution in [2.75, 3.05) is 29.4 Å². The second-order valence-corrected chi connectivity index (χ2v) is 42.1. The average Bonchev–Trinajstić information content (AvgIpc) is 1.51. The number of ketones is 3. The molecule has 0 fully saturated rings. The van der Waals surface area contributed by atoms with Crippen molar-refractivity contribution in [1.29, 1.82) is 0 Å². The molecule has 6 heterocycles. The number of hydrogen-bond acceptors (Lipinski definition) is 21. The first-order chi connectivity index (χ1) is 66.0. The van der Waals surface area contributed by atoms with Crippen LogP contribution in [-0.4, -0.2) is 123 Å². The number of amides is 12. The highest BCUT2D eigenvalue weighted by Crippen LogP contribution is 2.69. The molecule has 0 unspecified atom stereocenters. The minimum Gasteiger partial charge on any atom is -0.443 e. The molecule has 0 saturated carbocycles. The maximum Gasteiger partial charge on any atom is 0.421 e. The summed E-state index contributed by atoms with van der Waals surface area (Å²) in [5, 5.41) is 0. The summed E-state index contributed by atoms with van der Waals surface area (Å²) in [6, 6.07) is 55.6. The van der Waals surface area contributed by atoms with Gasteiger partial charge >= 0.3 is 36.6 Å². The minimum absolute atomic E-state index is 0.0273. The Morgan fingerprint density at radius 3 is 0.610 bits per heavy atom. The van der Waals surface area contributed by atoms with Gasteiger partial charge in [-0.3, -0.25) is 43.2 Å². The summed E-state index contributed by atoms with van der Waals surface area (Å²) >= 11 is 0. The highest BCUT2D eigenvalue weighted by atomic mass is 19.1. The molecular formula is C111H105F3N6O21. The van der Waals surface area contributed by atoms with E-state index in [1.807, 2.05) is 0 Å². The standard InChI is InChI=1S/3C37H35FN2O7/c3*1-34(2,3)46-32(44)39-27-15-11-10-14-25(27)36(30(39)42)19-18-23(29(41)22-12-8-7-9-13-22)21-37(36)26-20-24(38)16-17-28(26)40(31(37)43)33(45)47-35(4,5)6/h3*7-18,20H,19,21H2,1-6H3/t3*36-,37-/m111/s1. The molecule has 0 saturated heterocycles. The van der Waals surface area contributed by atoms with Gasteiger partial charge in [0, 0.05) is 16.7 Å². The molecule has 6 aliphatic heterocycles. The third-order valence-corrected chi connectivity index (χ3v) is 26.2. The molecule has 9 aliphatic rings. The van der Waals surface area contributed by atoms with Gasteiger partial charge < -0.3 is 28.4 Å². The van der Waals surface area contributed by atoms with Crippen LogP contribution in [0.25, 0.3) is 0 Å². The van der Waals surface area contributed by atoms with Crippen molar-refractivity contribution in [3.8, 4) is 0 Å². The first kappa shape index (κ1) is 98.7. The predicted octanol–water partition coefficient (Wildman–Crippen LogP) is 21.5. The fourth-order valence-electron chi connectivity index (χ4n) is 21.0. The summed E-state index contributed by atoms with van der Waals surface area (Å²) in [6.45, 7) is 29.8. The number of Topliss-reactive ketones (excluding diaryl/α,β-unsaturated/α-hetero) is 3. The molecule has 18 rings (SSSR count). The van der Waals surface area contributed by atoms with Crippen molar-refractivity contribution >= 4 is 123 Å². The van der Waals surface area contributed by atoms with Crippen molar-refractivity contribution < 1.29 is 114 Å². The lowest BCUT2D eigenvalue weighted by molar-refractivity contribution is -0.135. The minimum atomic E-state index is -2.04. The predicted molar refractivity (Wildman–Crippen MR) is 515 cm³/mol. The largest absolute Gasteiger partial charge is 0.443 e. The van der Waals surface area contributed by atoms with Crippen LogP contribution in [0.1, 0.15) is 228 Å². The Morgan fingerprint density at radius 2 is 0.411 bits per heavy atom. The van der Waals surface area contributed by atoms with Gasteiger partial charge in [0.2, 0.25) is 35.4 Å². The number of carbonyl (C=O) groups is 15. The summed E-state index contributed by atoms with van der Waals surface area (Å²) < 4.78 is 79.8. The number of allylic oxidation sites excluding steroid dienone is 6. The summed E-state index contributed by atoms with van der Waals surface area (Å²) in [4.78, 5) is 220. The van der Waals surface area contributed by atoms with E-state index in [4.69, 9.17) is 28.4 Å². The van der Waals surface area contributed by atoms with E-state index >= 15 is 41.9 Å². The van der Waals surface area contributed by atoms with Crippen molar-refractivity contribution in [2.45, 2.75) is 229 Å². The number of hydrogen-bond donors (Lipinski definition) is 0. The zero-order chi connectivity index (χ0) is 102. The molecular weight excluding hydrogens is 1810 g/mol. The lowest BCUT2D eigenvalue weighted by Gasteiger charge is -2.46. The quantitative estimate of drug-likeness (QED) is 0.110. The zero-order valence-corrected chi connectivity index (χ0v) is 81.1. The first-order valence-corrected chi connectivity index (χ1v) is 46.1. The van der Waals surface area contributed by atoms with E-state index in [-0.39, 0.29) is 123 Å². The number of fused-ring (bicyclic) bond motifs is 15. The van der Waals surface area contributed by atoms with Gasteiger partial charge in [0.05, 0.1) is 50.4 Å². The van der Waals surface area contributed by atoms with Gasteiger partial charge in [-0.05, 0) is 286 Å². The molecule has 3 aliphatic carbocycles. The highest BCUT2D eigenvalue weighted by molar-refractivity contribution is 6.34. The van der Waals surface area contributed by atoms with Crippen LogP contribution >= 0.6 is 0 Å². The van der Waals surface area contributed by atoms with Gasteiger partial charge in [0.25, 0.3) is 0 Å². The number of nitrogens with zero attached hydrogens (tertiary/aromatic N) is 6. The Labute approximate surface area is 812 Å². The Kier molecular flexibility index (Phi) is 24.4. The number of para-hydroxylation sites is 3. The Hall–Kier alpha value is -15.4. The number of benzene rings is 9. The fraction of sp³-hybridized carbons (Fsp3) is 0.324. The number of ether oxygens (including phenoxy) is 6. The molecule has 0 aromatic heterocycles. The lowest BCUT2D eigenvalue weighted by atomic mass is 9.51. The molecule has 141 heavy (non-hydrogen) atoms. The zero-order valence-electron chi connectivity index (χ0n) is 81.1. The molecule has 27 nitrogen and oxygen atoms in total. The van der Waals surface area contributed by atoms with Crippen LogP contribution in [0, 0.1) is 17.5 Å². The van der Waals surface area contributed by atoms with Crippen molar-refractivity contribution in [2.24, 2.45) is 0 Å². The van der Waals surface area contributed by atoms with E-state index in [1.165, 1.54) is 18.2 Å². The topological polar surface area (TPSA) is 331 Å². The van der Waals surface area contributed by atoms with E-state index < -0.39 is 156 Å².